The molecule has 2 rings (SSSR count). The van der Waals surface area contributed by atoms with Crippen LogP contribution in [-0.4, -0.2) is 17.0 Å². The van der Waals surface area contributed by atoms with Crippen LogP contribution in [0.15, 0.2) is 30.3 Å². The standard InChI is InChI=1S/C14H17IN4/c1-9(2)14-18-12(16-3)8-13(19-14)17-11-7-5-4-6-10(11)15/h4-9H,1-3H3,(H2,16,17,18,19). The Kier molecular flexibility index (Phi) is 4.57. The maximum absolute atomic E-state index is 4.55. The smallest absolute Gasteiger partial charge is 0.136 e. The van der Waals surface area contributed by atoms with Gasteiger partial charge >= 0.3 is 0 Å². The fourth-order valence-corrected chi connectivity index (χ4v) is 2.14. The molecular formula is C14H17IN4. The van der Waals surface area contributed by atoms with Crippen molar-refractivity contribution >= 4 is 39.9 Å². The van der Waals surface area contributed by atoms with Gasteiger partial charge in [-0.2, -0.15) is 0 Å². The van der Waals surface area contributed by atoms with Gasteiger partial charge in [-0.1, -0.05) is 26.0 Å². The van der Waals surface area contributed by atoms with E-state index in [2.05, 4.69) is 63.1 Å². The summed E-state index contributed by atoms with van der Waals surface area (Å²) in [4.78, 5) is 9.00. The summed E-state index contributed by atoms with van der Waals surface area (Å²) in [7, 11) is 1.86. The number of nitrogens with one attached hydrogen (secondary N) is 2. The molecule has 5 heteroatoms. The summed E-state index contributed by atoms with van der Waals surface area (Å²) in [5, 5.41) is 6.41. The van der Waals surface area contributed by atoms with Crippen LogP contribution in [0.3, 0.4) is 0 Å². The summed E-state index contributed by atoms with van der Waals surface area (Å²) in [5.41, 5.74) is 1.05. The summed E-state index contributed by atoms with van der Waals surface area (Å²) in [6.45, 7) is 4.18. The van der Waals surface area contributed by atoms with Gasteiger partial charge in [-0.15, -0.1) is 0 Å². The number of para-hydroxylation sites is 1. The Morgan fingerprint density at radius 2 is 1.79 bits per heavy atom. The van der Waals surface area contributed by atoms with Crippen LogP contribution in [0.25, 0.3) is 0 Å². The molecule has 2 aromatic rings. The van der Waals surface area contributed by atoms with Crippen molar-refractivity contribution in [2.75, 3.05) is 17.7 Å². The Labute approximate surface area is 127 Å². The van der Waals surface area contributed by atoms with E-state index in [-0.39, 0.29) is 0 Å². The highest BCUT2D eigenvalue weighted by atomic mass is 127. The number of hydrogen-bond donors (Lipinski definition) is 2. The van der Waals surface area contributed by atoms with Crippen LogP contribution in [0, 0.1) is 3.57 Å². The molecule has 0 amide bonds. The Morgan fingerprint density at radius 3 is 2.42 bits per heavy atom. The molecule has 0 spiro atoms. The molecule has 0 aliphatic carbocycles. The van der Waals surface area contributed by atoms with E-state index in [0.29, 0.717) is 5.92 Å². The van der Waals surface area contributed by atoms with Gasteiger partial charge in [0.1, 0.15) is 17.5 Å². The highest BCUT2D eigenvalue weighted by Gasteiger charge is 2.08. The molecule has 0 aliphatic heterocycles. The van der Waals surface area contributed by atoms with Gasteiger partial charge in [-0.3, -0.25) is 0 Å². The number of benzene rings is 1. The summed E-state index contributed by atoms with van der Waals surface area (Å²) in [6.07, 6.45) is 0. The van der Waals surface area contributed by atoms with Crippen molar-refractivity contribution < 1.29 is 0 Å². The molecular weight excluding hydrogens is 351 g/mol. The van der Waals surface area contributed by atoms with Crippen LogP contribution in [0.2, 0.25) is 0 Å². The fraction of sp³-hybridized carbons (Fsp3) is 0.286. The molecule has 1 aromatic carbocycles. The molecule has 0 bridgehead atoms. The van der Waals surface area contributed by atoms with Gasteiger partial charge in [-0.05, 0) is 34.7 Å². The lowest BCUT2D eigenvalue weighted by atomic mass is 10.2. The van der Waals surface area contributed by atoms with E-state index in [0.717, 1.165) is 26.7 Å². The predicted molar refractivity (Wildman–Crippen MR) is 88.1 cm³/mol. The lowest BCUT2D eigenvalue weighted by Crippen LogP contribution is -2.05. The molecule has 0 unspecified atom stereocenters. The van der Waals surface area contributed by atoms with Crippen LogP contribution < -0.4 is 10.6 Å². The maximum Gasteiger partial charge on any atom is 0.136 e. The van der Waals surface area contributed by atoms with Gasteiger partial charge in [0.2, 0.25) is 0 Å². The summed E-state index contributed by atoms with van der Waals surface area (Å²) >= 11 is 2.31. The number of hydrogen-bond acceptors (Lipinski definition) is 4. The topological polar surface area (TPSA) is 49.8 Å². The van der Waals surface area contributed by atoms with E-state index in [1.54, 1.807) is 0 Å². The molecule has 0 atom stereocenters. The Bertz CT molecular complexity index is 569. The molecule has 0 radical (unpaired) electrons. The number of rotatable bonds is 4. The van der Waals surface area contributed by atoms with E-state index >= 15 is 0 Å². The van der Waals surface area contributed by atoms with E-state index in [1.807, 2.05) is 31.3 Å². The van der Waals surface area contributed by atoms with Crippen molar-refractivity contribution in [3.63, 3.8) is 0 Å². The third-order valence-corrected chi connectivity index (χ3v) is 3.59. The Morgan fingerprint density at radius 1 is 1.11 bits per heavy atom. The second kappa shape index (κ2) is 6.18. The van der Waals surface area contributed by atoms with Crippen LogP contribution in [0.4, 0.5) is 17.3 Å². The summed E-state index contributed by atoms with van der Waals surface area (Å²) < 4.78 is 1.16. The van der Waals surface area contributed by atoms with Crippen LogP contribution in [-0.2, 0) is 0 Å². The van der Waals surface area contributed by atoms with Crippen molar-refractivity contribution in [3.05, 3.63) is 39.7 Å². The van der Waals surface area contributed by atoms with Crippen molar-refractivity contribution in [1.29, 1.82) is 0 Å². The van der Waals surface area contributed by atoms with Crippen molar-refractivity contribution in [1.82, 2.24) is 9.97 Å². The fourth-order valence-electron chi connectivity index (χ4n) is 1.62. The molecule has 19 heavy (non-hydrogen) atoms. The molecule has 0 saturated heterocycles. The zero-order valence-electron chi connectivity index (χ0n) is 11.2. The molecule has 1 heterocycles. The zero-order chi connectivity index (χ0) is 13.8. The minimum absolute atomic E-state index is 0.295. The second-order valence-electron chi connectivity index (χ2n) is 4.51. The number of aromatic nitrogens is 2. The lowest BCUT2D eigenvalue weighted by Gasteiger charge is -2.12. The lowest BCUT2D eigenvalue weighted by molar-refractivity contribution is 0.778. The molecule has 2 N–H and O–H groups in total. The summed E-state index contributed by atoms with van der Waals surface area (Å²) in [5.74, 6) is 2.77. The molecule has 0 fully saturated rings. The molecule has 1 aromatic heterocycles. The van der Waals surface area contributed by atoms with E-state index in [9.17, 15) is 0 Å². The zero-order valence-corrected chi connectivity index (χ0v) is 13.4. The molecule has 0 aliphatic rings. The number of anilines is 3. The molecule has 4 nitrogen and oxygen atoms in total. The maximum atomic E-state index is 4.55. The highest BCUT2D eigenvalue weighted by Crippen LogP contribution is 2.23. The number of halogens is 1. The Hall–Kier alpha value is -1.37. The van der Waals surface area contributed by atoms with Crippen molar-refractivity contribution in [2.45, 2.75) is 19.8 Å². The third kappa shape index (κ3) is 3.56. The normalized spacial score (nSPS) is 10.6. The first-order chi connectivity index (χ1) is 9.10. The average Bonchev–Trinajstić information content (AvgIpc) is 2.41. The molecule has 100 valence electrons. The van der Waals surface area contributed by atoms with Crippen molar-refractivity contribution in [3.8, 4) is 0 Å². The van der Waals surface area contributed by atoms with Gasteiger partial charge < -0.3 is 10.6 Å². The first-order valence-corrected chi connectivity index (χ1v) is 7.26. The van der Waals surface area contributed by atoms with Gasteiger partial charge in [-0.25, -0.2) is 9.97 Å². The van der Waals surface area contributed by atoms with Gasteiger partial charge in [0.05, 0.1) is 5.69 Å². The van der Waals surface area contributed by atoms with Gasteiger partial charge in [0.15, 0.2) is 0 Å². The first kappa shape index (κ1) is 14.0. The quantitative estimate of drug-likeness (QED) is 0.802. The second-order valence-corrected chi connectivity index (χ2v) is 5.67. The SMILES string of the molecule is CNc1cc(Nc2ccccc2I)nc(C(C)C)n1. The minimum Gasteiger partial charge on any atom is -0.373 e. The van der Waals surface area contributed by atoms with E-state index < -0.39 is 0 Å². The van der Waals surface area contributed by atoms with Gasteiger partial charge in [0.25, 0.3) is 0 Å². The largest absolute Gasteiger partial charge is 0.373 e. The highest BCUT2D eigenvalue weighted by molar-refractivity contribution is 14.1. The van der Waals surface area contributed by atoms with Crippen LogP contribution in [0.5, 0.6) is 0 Å². The number of nitrogens with zero attached hydrogens (tertiary/aromatic N) is 2. The summed E-state index contributed by atoms with van der Waals surface area (Å²) in [6, 6.07) is 10.0. The molecule has 0 saturated carbocycles. The third-order valence-electron chi connectivity index (χ3n) is 2.65. The van der Waals surface area contributed by atoms with Crippen LogP contribution >= 0.6 is 22.6 Å². The Balaban J connectivity index is 2.34. The van der Waals surface area contributed by atoms with E-state index in [1.165, 1.54) is 0 Å². The van der Waals surface area contributed by atoms with Gasteiger partial charge in [0, 0.05) is 22.6 Å². The monoisotopic (exact) mass is 368 g/mol. The van der Waals surface area contributed by atoms with Crippen LogP contribution in [0.1, 0.15) is 25.6 Å². The average molecular weight is 368 g/mol. The van der Waals surface area contributed by atoms with Crippen molar-refractivity contribution in [2.24, 2.45) is 0 Å². The minimum atomic E-state index is 0.295. The van der Waals surface area contributed by atoms with E-state index in [4.69, 9.17) is 0 Å². The predicted octanol–water partition coefficient (Wildman–Crippen LogP) is 3.99. The first-order valence-electron chi connectivity index (χ1n) is 6.18.